The molecule has 0 aliphatic carbocycles. The van der Waals surface area contributed by atoms with Crippen molar-refractivity contribution in [3.8, 4) is 0 Å². The lowest BCUT2D eigenvalue weighted by Gasteiger charge is -1.83. The first-order valence-electron chi connectivity index (χ1n) is 1.14. The summed E-state index contributed by atoms with van der Waals surface area (Å²) in [4.78, 5) is 2.12. The summed E-state index contributed by atoms with van der Waals surface area (Å²) >= 11 is 4.87. The van der Waals surface area contributed by atoms with Crippen LogP contribution in [0.15, 0.2) is 12.8 Å². The van der Waals surface area contributed by atoms with Gasteiger partial charge in [0, 0.05) is 6.20 Å². The summed E-state index contributed by atoms with van der Waals surface area (Å²) in [6, 6.07) is 0. The zero-order valence-corrected chi connectivity index (χ0v) is 3.42. The van der Waals surface area contributed by atoms with Crippen molar-refractivity contribution in [3.05, 3.63) is 12.8 Å². The van der Waals surface area contributed by atoms with Gasteiger partial charge in [-0.05, 0) is 11.8 Å². The normalized spacial score (nSPS) is 6.60. The molecule has 0 saturated carbocycles. The fourth-order valence-electron chi connectivity index (χ4n) is 0.0386. The smallest absolute Gasteiger partial charge is 0.00657 e. The summed E-state index contributed by atoms with van der Waals surface area (Å²) in [5.41, 5.74) is 2.39. The molecule has 5 heavy (non-hydrogen) atoms. The second-order valence-corrected chi connectivity index (χ2v) is 0.632. The molecule has 0 spiro atoms. The van der Waals surface area contributed by atoms with Crippen LogP contribution < -0.4 is 10.4 Å². The molecule has 0 aliphatic rings. The van der Waals surface area contributed by atoms with E-state index in [-0.39, 0.29) is 0 Å². The minimum absolute atomic E-state index is 1.44. The van der Waals surface area contributed by atoms with E-state index in [2.05, 4.69) is 16.9 Å². The molecule has 0 aromatic heterocycles. The van der Waals surface area contributed by atoms with Crippen LogP contribution in [0.5, 0.6) is 0 Å². The van der Waals surface area contributed by atoms with Gasteiger partial charge in [-0.2, -0.15) is 0 Å². The van der Waals surface area contributed by atoms with Crippen molar-refractivity contribution in [2.24, 2.45) is 0 Å². The molecule has 3 heteroatoms. The fraction of sp³-hybridized carbons (Fsp3) is 0. The topological polar surface area (TPSA) is 24.1 Å². The van der Waals surface area contributed by atoms with E-state index < -0.39 is 0 Å². The Morgan fingerprint density at radius 2 is 2.40 bits per heavy atom. The van der Waals surface area contributed by atoms with Gasteiger partial charge in [-0.1, -0.05) is 6.58 Å². The predicted octanol–water partition coefficient (Wildman–Crippen LogP) is 0.378. The van der Waals surface area contributed by atoms with Crippen LogP contribution in [0.4, 0.5) is 0 Å². The summed E-state index contributed by atoms with van der Waals surface area (Å²) < 4.78 is 0. The lowest BCUT2D eigenvalue weighted by Crippen LogP contribution is -2.13. The average molecular weight is 92.5 g/mol. The van der Waals surface area contributed by atoms with Crippen LogP contribution in [0.3, 0.4) is 0 Å². The molecular formula is C2H5ClN2. The number of nitrogens with one attached hydrogen (secondary N) is 2. The van der Waals surface area contributed by atoms with Crippen molar-refractivity contribution in [3.63, 3.8) is 0 Å². The summed E-state index contributed by atoms with van der Waals surface area (Å²) in [7, 11) is 0. The summed E-state index contributed by atoms with van der Waals surface area (Å²) in [6.07, 6.45) is 1.44. The van der Waals surface area contributed by atoms with E-state index in [0.29, 0.717) is 0 Å². The molecule has 0 rings (SSSR count). The van der Waals surface area contributed by atoms with Crippen molar-refractivity contribution in [2.75, 3.05) is 0 Å². The molecule has 0 aromatic carbocycles. The van der Waals surface area contributed by atoms with E-state index in [9.17, 15) is 0 Å². The van der Waals surface area contributed by atoms with Crippen molar-refractivity contribution in [1.29, 1.82) is 0 Å². The van der Waals surface area contributed by atoms with E-state index in [1.165, 1.54) is 6.20 Å². The number of hydrogen-bond donors (Lipinski definition) is 2. The Labute approximate surface area is 35.9 Å². The van der Waals surface area contributed by atoms with Crippen LogP contribution in [0.1, 0.15) is 0 Å². The first kappa shape index (κ1) is 4.79. The van der Waals surface area contributed by atoms with Gasteiger partial charge in [0.25, 0.3) is 0 Å². The van der Waals surface area contributed by atoms with E-state index in [4.69, 9.17) is 11.8 Å². The molecule has 0 amide bonds. The summed E-state index contributed by atoms with van der Waals surface area (Å²) in [6.45, 7) is 3.29. The lowest BCUT2D eigenvalue weighted by molar-refractivity contribution is 0.865. The number of halogens is 1. The molecule has 0 saturated heterocycles. The van der Waals surface area contributed by atoms with Crippen LogP contribution >= 0.6 is 11.8 Å². The third-order valence-corrected chi connectivity index (χ3v) is 0.266. The van der Waals surface area contributed by atoms with Gasteiger partial charge in [0.05, 0.1) is 0 Å². The quantitative estimate of drug-likeness (QED) is 0.380. The zero-order valence-electron chi connectivity index (χ0n) is 2.66. The molecule has 0 radical (unpaired) electrons. The molecule has 0 aliphatic heterocycles. The molecule has 2 N–H and O–H groups in total. The molecule has 0 bridgehead atoms. The highest BCUT2D eigenvalue weighted by Crippen LogP contribution is 1.47. The van der Waals surface area contributed by atoms with Gasteiger partial charge in [-0.15, -0.1) is 4.94 Å². The van der Waals surface area contributed by atoms with Gasteiger partial charge in [0.15, 0.2) is 0 Å². The molecular weight excluding hydrogens is 87.5 g/mol. The van der Waals surface area contributed by atoms with E-state index in [1.54, 1.807) is 0 Å². The maximum Gasteiger partial charge on any atom is 0.00657 e. The Balaban J connectivity index is 2.40. The van der Waals surface area contributed by atoms with Crippen molar-refractivity contribution in [2.45, 2.75) is 0 Å². The molecule has 0 aromatic rings. The Morgan fingerprint density at radius 3 is 2.40 bits per heavy atom. The highest BCUT2D eigenvalue weighted by atomic mass is 35.5. The number of rotatable bonds is 2. The second kappa shape index (κ2) is 3.79. The van der Waals surface area contributed by atoms with Crippen LogP contribution in [-0.2, 0) is 0 Å². The van der Waals surface area contributed by atoms with Crippen molar-refractivity contribution in [1.82, 2.24) is 10.4 Å². The Hall–Kier alpha value is -0.210. The number of hydrogen-bond acceptors (Lipinski definition) is 2. The SMILES string of the molecule is C=CNNCl. The third kappa shape index (κ3) is 3.79. The zero-order chi connectivity index (χ0) is 4.12. The van der Waals surface area contributed by atoms with Gasteiger partial charge in [-0.25, -0.2) is 0 Å². The van der Waals surface area contributed by atoms with Crippen LogP contribution in [0, 0.1) is 0 Å². The van der Waals surface area contributed by atoms with Gasteiger partial charge in [0.2, 0.25) is 0 Å². The summed E-state index contributed by atoms with van der Waals surface area (Å²) in [5.74, 6) is 0. The Kier molecular flexibility index (Phi) is 3.63. The van der Waals surface area contributed by atoms with Gasteiger partial charge in [0.1, 0.15) is 0 Å². The second-order valence-electron chi connectivity index (χ2n) is 0.443. The molecule has 2 nitrogen and oxygen atoms in total. The van der Waals surface area contributed by atoms with Gasteiger partial charge in [-0.3, -0.25) is 0 Å². The first-order valence-corrected chi connectivity index (χ1v) is 1.51. The third-order valence-electron chi connectivity index (χ3n) is 0.157. The summed E-state index contributed by atoms with van der Waals surface area (Å²) in [5, 5.41) is 0. The Bertz CT molecular complexity index is 28.8. The number of hydrazine groups is 1. The van der Waals surface area contributed by atoms with E-state index >= 15 is 0 Å². The minimum Gasteiger partial charge on any atom is -0.316 e. The monoisotopic (exact) mass is 92.0 g/mol. The maximum atomic E-state index is 4.87. The highest BCUT2D eigenvalue weighted by Gasteiger charge is 1.52. The van der Waals surface area contributed by atoms with Gasteiger partial charge >= 0.3 is 0 Å². The lowest BCUT2D eigenvalue weighted by atomic mass is 11.1. The average Bonchev–Trinajstić information content (AvgIpc) is 1.41. The predicted molar refractivity (Wildman–Crippen MR) is 22.3 cm³/mol. The molecule has 30 valence electrons. The van der Waals surface area contributed by atoms with E-state index in [1.807, 2.05) is 0 Å². The van der Waals surface area contributed by atoms with Crippen LogP contribution in [-0.4, -0.2) is 0 Å². The fourth-order valence-corrected chi connectivity index (χ4v) is 0.116. The van der Waals surface area contributed by atoms with Crippen LogP contribution in [0.2, 0.25) is 0 Å². The van der Waals surface area contributed by atoms with Crippen LogP contribution in [0.25, 0.3) is 0 Å². The van der Waals surface area contributed by atoms with Crippen molar-refractivity contribution >= 4 is 11.8 Å². The minimum atomic E-state index is 1.44. The first-order chi connectivity index (χ1) is 2.41. The maximum absolute atomic E-state index is 4.87. The molecule has 0 atom stereocenters. The highest BCUT2D eigenvalue weighted by molar-refractivity contribution is 6.13. The standard InChI is InChI=1S/C2H5ClN2/c1-2-4-5-3/h2,4-5H,1H2. The van der Waals surface area contributed by atoms with E-state index in [0.717, 1.165) is 0 Å². The molecule has 0 fully saturated rings. The largest absolute Gasteiger partial charge is 0.316 e. The Morgan fingerprint density at radius 1 is 1.80 bits per heavy atom. The van der Waals surface area contributed by atoms with Crippen molar-refractivity contribution < 1.29 is 0 Å². The molecule has 0 unspecified atom stereocenters. The van der Waals surface area contributed by atoms with Gasteiger partial charge < -0.3 is 5.43 Å². The molecule has 0 heterocycles.